The summed E-state index contributed by atoms with van der Waals surface area (Å²) in [6, 6.07) is 13.9. The first-order valence-corrected chi connectivity index (χ1v) is 12.2. The molecule has 1 atom stereocenters. The number of ketones is 1. The van der Waals surface area contributed by atoms with Crippen molar-refractivity contribution in [3.05, 3.63) is 71.4 Å². The molecule has 5 rings (SSSR count). The van der Waals surface area contributed by atoms with Crippen LogP contribution in [-0.4, -0.2) is 41.1 Å². The number of carbonyl (C=O) groups is 1. The van der Waals surface area contributed by atoms with Gasteiger partial charge in [0.2, 0.25) is 0 Å². The maximum Gasteiger partial charge on any atom is 0.193 e. The van der Waals surface area contributed by atoms with Gasteiger partial charge in [-0.25, -0.2) is 0 Å². The van der Waals surface area contributed by atoms with Gasteiger partial charge in [0.15, 0.2) is 5.78 Å². The minimum Gasteiger partial charge on any atom is -0.494 e. The summed E-state index contributed by atoms with van der Waals surface area (Å²) >= 11 is 0. The summed E-state index contributed by atoms with van der Waals surface area (Å²) in [7, 11) is 0. The van der Waals surface area contributed by atoms with Crippen LogP contribution >= 0.6 is 0 Å². The first-order chi connectivity index (χ1) is 16.1. The van der Waals surface area contributed by atoms with Crippen LogP contribution in [0.25, 0.3) is 16.5 Å². The van der Waals surface area contributed by atoms with Gasteiger partial charge in [0.1, 0.15) is 5.75 Å². The number of nitrogens with zero attached hydrogens (tertiary/aromatic N) is 2. The van der Waals surface area contributed by atoms with Crippen molar-refractivity contribution in [3.8, 4) is 5.75 Å². The Kier molecular flexibility index (Phi) is 6.23. The summed E-state index contributed by atoms with van der Waals surface area (Å²) in [4.78, 5) is 15.8. The lowest BCUT2D eigenvalue weighted by Gasteiger charge is -2.38. The molecule has 1 saturated heterocycles. The van der Waals surface area contributed by atoms with Crippen LogP contribution < -0.4 is 10.6 Å². The van der Waals surface area contributed by atoms with Gasteiger partial charge in [-0.2, -0.15) is 0 Å². The molecule has 1 fully saturated rings. The number of aromatic nitrogens is 1. The third-order valence-corrected chi connectivity index (χ3v) is 7.10. The molecule has 0 spiro atoms. The Hall–Kier alpha value is -3.05. The number of unbranched alkanes of at least 4 members (excludes halogenated alkanes) is 1. The summed E-state index contributed by atoms with van der Waals surface area (Å²) in [6.45, 7) is 5.05. The van der Waals surface area contributed by atoms with Crippen LogP contribution in [0, 0.1) is 0 Å². The maximum atomic E-state index is 13.2. The van der Waals surface area contributed by atoms with E-state index in [1.165, 1.54) is 31.4 Å². The molecule has 1 unspecified atom stereocenters. The smallest absolute Gasteiger partial charge is 0.193 e. The summed E-state index contributed by atoms with van der Waals surface area (Å²) in [5, 5.41) is 1.05. The number of fused-ring (bicyclic) bond motifs is 2. The van der Waals surface area contributed by atoms with E-state index in [-0.39, 0.29) is 5.78 Å². The average Bonchev–Trinajstić information content (AvgIpc) is 3.19. The minimum atomic E-state index is 0.0174. The fourth-order valence-corrected chi connectivity index (χ4v) is 5.17. The molecule has 3 aromatic rings. The highest BCUT2D eigenvalue weighted by Crippen LogP contribution is 2.35. The SMILES string of the molecule is CCCCOc1ccc(C(=O)c2ccc3c(c2)c(C2=CCN4CCCCC4C2)cn3N)cc1. The molecule has 5 heteroatoms. The highest BCUT2D eigenvalue weighted by molar-refractivity contribution is 6.11. The van der Waals surface area contributed by atoms with E-state index in [1.807, 2.05) is 48.7 Å². The molecule has 0 saturated carbocycles. The van der Waals surface area contributed by atoms with Gasteiger partial charge in [-0.3, -0.25) is 14.4 Å². The Labute approximate surface area is 195 Å². The molecule has 0 amide bonds. The Morgan fingerprint density at radius 3 is 2.76 bits per heavy atom. The van der Waals surface area contributed by atoms with Crippen LogP contribution in [0.5, 0.6) is 5.75 Å². The topological polar surface area (TPSA) is 60.5 Å². The normalized spacial score (nSPS) is 18.7. The highest BCUT2D eigenvalue weighted by Gasteiger charge is 2.27. The van der Waals surface area contributed by atoms with Crippen LogP contribution in [0.15, 0.2) is 54.7 Å². The first-order valence-electron chi connectivity index (χ1n) is 12.2. The largest absolute Gasteiger partial charge is 0.494 e. The van der Waals surface area contributed by atoms with Gasteiger partial charge in [0.05, 0.1) is 12.1 Å². The number of hydrogen-bond acceptors (Lipinski definition) is 4. The molecule has 2 N–H and O–H groups in total. The van der Waals surface area contributed by atoms with E-state index in [1.54, 1.807) is 4.68 Å². The van der Waals surface area contributed by atoms with Crippen molar-refractivity contribution < 1.29 is 9.53 Å². The number of benzene rings is 2. The predicted molar refractivity (Wildman–Crippen MR) is 134 cm³/mol. The van der Waals surface area contributed by atoms with Crippen molar-refractivity contribution in [2.75, 3.05) is 25.5 Å². The lowest BCUT2D eigenvalue weighted by atomic mass is 9.88. The monoisotopic (exact) mass is 443 g/mol. The second-order valence-corrected chi connectivity index (χ2v) is 9.32. The van der Waals surface area contributed by atoms with Gasteiger partial charge < -0.3 is 10.6 Å². The van der Waals surface area contributed by atoms with Gasteiger partial charge >= 0.3 is 0 Å². The lowest BCUT2D eigenvalue weighted by molar-refractivity contribution is 0.103. The average molecular weight is 444 g/mol. The summed E-state index contributed by atoms with van der Waals surface area (Å²) in [6.07, 6.45) is 11.4. The molecule has 1 aromatic heterocycles. The summed E-state index contributed by atoms with van der Waals surface area (Å²) < 4.78 is 7.42. The van der Waals surface area contributed by atoms with Crippen molar-refractivity contribution in [2.45, 2.75) is 51.5 Å². The zero-order valence-electron chi connectivity index (χ0n) is 19.4. The Morgan fingerprint density at radius 2 is 1.94 bits per heavy atom. The third kappa shape index (κ3) is 4.42. The van der Waals surface area contributed by atoms with Crippen molar-refractivity contribution in [1.29, 1.82) is 0 Å². The van der Waals surface area contributed by atoms with E-state index in [0.29, 0.717) is 23.8 Å². The van der Waals surface area contributed by atoms with E-state index in [2.05, 4.69) is 17.9 Å². The van der Waals surface area contributed by atoms with Gasteiger partial charge in [0.25, 0.3) is 0 Å². The third-order valence-electron chi connectivity index (χ3n) is 7.10. The van der Waals surface area contributed by atoms with E-state index in [4.69, 9.17) is 10.6 Å². The summed E-state index contributed by atoms with van der Waals surface area (Å²) in [5.41, 5.74) is 4.82. The molecule has 33 heavy (non-hydrogen) atoms. The second kappa shape index (κ2) is 9.44. The van der Waals surface area contributed by atoms with Crippen molar-refractivity contribution in [2.24, 2.45) is 0 Å². The number of piperidine rings is 1. The van der Waals surface area contributed by atoms with Crippen LogP contribution in [0.3, 0.4) is 0 Å². The maximum absolute atomic E-state index is 13.2. The van der Waals surface area contributed by atoms with Crippen LogP contribution in [0.1, 0.15) is 66.9 Å². The molecule has 2 aliphatic rings. The van der Waals surface area contributed by atoms with E-state index in [9.17, 15) is 4.79 Å². The molecular weight excluding hydrogens is 410 g/mol. The Bertz CT molecular complexity index is 1180. The molecule has 3 heterocycles. The number of nitrogen functional groups attached to an aromatic ring is 1. The van der Waals surface area contributed by atoms with Crippen LogP contribution in [0.4, 0.5) is 0 Å². The Morgan fingerprint density at radius 1 is 1.12 bits per heavy atom. The van der Waals surface area contributed by atoms with Crippen molar-refractivity contribution >= 4 is 22.3 Å². The predicted octanol–water partition coefficient (Wildman–Crippen LogP) is 5.41. The number of nitrogens with two attached hydrogens (primary N) is 1. The molecule has 172 valence electrons. The molecule has 0 aliphatic carbocycles. The lowest BCUT2D eigenvalue weighted by Crippen LogP contribution is -2.41. The number of carbonyl (C=O) groups excluding carboxylic acids is 1. The standard InChI is InChI=1S/C28H33N3O2/c1-2-3-16-33-24-10-7-20(8-11-24)28(32)22-9-12-27-25(18-22)26(19-31(27)29)21-13-15-30-14-5-4-6-23(30)17-21/h7-13,18-19,23H,2-6,14-17,29H2,1H3. The summed E-state index contributed by atoms with van der Waals surface area (Å²) in [5.74, 6) is 7.12. The fraction of sp³-hybridized carbons (Fsp3) is 0.393. The highest BCUT2D eigenvalue weighted by atomic mass is 16.5. The minimum absolute atomic E-state index is 0.0174. The zero-order valence-corrected chi connectivity index (χ0v) is 19.4. The van der Waals surface area contributed by atoms with Crippen molar-refractivity contribution in [1.82, 2.24) is 9.58 Å². The molecular formula is C28H33N3O2. The van der Waals surface area contributed by atoms with Gasteiger partial charge in [-0.1, -0.05) is 25.8 Å². The van der Waals surface area contributed by atoms with Crippen LogP contribution in [-0.2, 0) is 0 Å². The van der Waals surface area contributed by atoms with Crippen LogP contribution in [0.2, 0.25) is 0 Å². The quantitative estimate of drug-likeness (QED) is 0.301. The van der Waals surface area contributed by atoms with E-state index >= 15 is 0 Å². The van der Waals surface area contributed by atoms with Gasteiger partial charge in [-0.05, 0) is 80.3 Å². The van der Waals surface area contributed by atoms with Crippen molar-refractivity contribution in [3.63, 3.8) is 0 Å². The van der Waals surface area contributed by atoms with Gasteiger partial charge in [0, 0.05) is 40.9 Å². The molecule has 0 radical (unpaired) electrons. The molecule has 2 aromatic carbocycles. The Balaban J connectivity index is 1.41. The second-order valence-electron chi connectivity index (χ2n) is 9.32. The van der Waals surface area contributed by atoms with Gasteiger partial charge in [-0.15, -0.1) is 0 Å². The zero-order chi connectivity index (χ0) is 22.8. The number of rotatable bonds is 7. The fourth-order valence-electron chi connectivity index (χ4n) is 5.17. The number of ether oxygens (including phenoxy) is 1. The molecule has 0 bridgehead atoms. The molecule has 5 nitrogen and oxygen atoms in total. The van der Waals surface area contributed by atoms with E-state index in [0.717, 1.165) is 48.0 Å². The first kappa shape index (κ1) is 21.8. The van der Waals surface area contributed by atoms with E-state index < -0.39 is 0 Å². The number of hydrogen-bond donors (Lipinski definition) is 1. The molecule has 2 aliphatic heterocycles.